The predicted octanol–water partition coefficient (Wildman–Crippen LogP) is 3.35. The van der Waals surface area contributed by atoms with Crippen molar-refractivity contribution in [3.8, 4) is 0 Å². The molecule has 98 valence electrons. The third kappa shape index (κ3) is 3.24. The van der Waals surface area contributed by atoms with Crippen molar-refractivity contribution < 1.29 is 4.79 Å². The Kier molecular flexibility index (Phi) is 4.07. The van der Waals surface area contributed by atoms with Gasteiger partial charge in [-0.05, 0) is 53.2 Å². The van der Waals surface area contributed by atoms with Gasteiger partial charge in [0.1, 0.15) is 5.56 Å². The van der Waals surface area contributed by atoms with Crippen LogP contribution in [0.4, 0.5) is 5.69 Å². The highest BCUT2D eigenvalue weighted by Gasteiger charge is 2.11. The summed E-state index contributed by atoms with van der Waals surface area (Å²) in [6.07, 6.45) is 0. The molecule has 1 aromatic heterocycles. The van der Waals surface area contributed by atoms with Crippen LogP contribution in [0.25, 0.3) is 0 Å². The number of anilines is 1. The number of aryl methyl sites for hydroxylation is 1. The van der Waals surface area contributed by atoms with E-state index in [1.807, 2.05) is 0 Å². The Morgan fingerprint density at radius 1 is 1.32 bits per heavy atom. The lowest BCUT2D eigenvalue weighted by Gasteiger charge is -2.06. The fraction of sp³-hybridized carbons (Fsp3) is 0.0769. The van der Waals surface area contributed by atoms with Gasteiger partial charge in [-0.1, -0.05) is 11.6 Å². The van der Waals surface area contributed by atoms with Crippen LogP contribution in [-0.2, 0) is 0 Å². The average molecular weight is 342 g/mol. The Hall–Kier alpha value is -1.59. The minimum atomic E-state index is -0.473. The third-order valence-electron chi connectivity index (χ3n) is 2.48. The quantitative estimate of drug-likeness (QED) is 0.880. The molecule has 2 rings (SSSR count). The number of aromatic amines is 1. The van der Waals surface area contributed by atoms with Gasteiger partial charge in [0, 0.05) is 15.9 Å². The molecule has 0 fully saturated rings. The summed E-state index contributed by atoms with van der Waals surface area (Å²) in [5.41, 5.74) is 0.872. The van der Waals surface area contributed by atoms with Crippen molar-refractivity contribution in [3.05, 3.63) is 61.4 Å². The highest BCUT2D eigenvalue weighted by Crippen LogP contribution is 2.25. The smallest absolute Gasteiger partial charge is 0.261 e. The number of carbonyl (C=O) groups is 1. The number of rotatable bonds is 2. The van der Waals surface area contributed by atoms with Gasteiger partial charge in [0.2, 0.25) is 0 Å². The minimum absolute atomic E-state index is 0.0599. The van der Waals surface area contributed by atoms with Gasteiger partial charge in [-0.15, -0.1) is 0 Å². The number of carbonyl (C=O) groups excluding carboxylic acids is 1. The van der Waals surface area contributed by atoms with Crippen molar-refractivity contribution in [2.75, 3.05) is 5.32 Å². The van der Waals surface area contributed by atoms with E-state index in [9.17, 15) is 9.59 Å². The Bertz CT molecular complexity index is 697. The highest BCUT2D eigenvalue weighted by atomic mass is 79.9. The van der Waals surface area contributed by atoms with E-state index >= 15 is 0 Å². The maximum atomic E-state index is 12.0. The molecule has 0 aliphatic carbocycles. The summed E-state index contributed by atoms with van der Waals surface area (Å²) in [6, 6.07) is 8.17. The topological polar surface area (TPSA) is 62.0 Å². The maximum absolute atomic E-state index is 12.0. The van der Waals surface area contributed by atoms with Gasteiger partial charge in [0.15, 0.2) is 0 Å². The summed E-state index contributed by atoms with van der Waals surface area (Å²) >= 11 is 9.19. The maximum Gasteiger partial charge on any atom is 0.261 e. The van der Waals surface area contributed by atoms with E-state index in [4.69, 9.17) is 11.6 Å². The number of nitrogens with one attached hydrogen (secondary N) is 2. The van der Waals surface area contributed by atoms with Crippen LogP contribution in [0, 0.1) is 6.92 Å². The molecule has 0 saturated heterocycles. The van der Waals surface area contributed by atoms with E-state index in [-0.39, 0.29) is 5.56 Å². The second-order valence-corrected chi connectivity index (χ2v) is 5.23. The zero-order valence-corrected chi connectivity index (χ0v) is 12.3. The second kappa shape index (κ2) is 5.59. The monoisotopic (exact) mass is 340 g/mol. The van der Waals surface area contributed by atoms with Crippen LogP contribution >= 0.6 is 27.5 Å². The van der Waals surface area contributed by atoms with E-state index in [1.54, 1.807) is 31.2 Å². The minimum Gasteiger partial charge on any atom is -0.326 e. The van der Waals surface area contributed by atoms with Gasteiger partial charge in [-0.2, -0.15) is 0 Å². The fourth-order valence-electron chi connectivity index (χ4n) is 1.52. The van der Waals surface area contributed by atoms with Gasteiger partial charge < -0.3 is 10.3 Å². The first-order valence-electron chi connectivity index (χ1n) is 5.43. The molecule has 0 atom stereocenters. The van der Waals surface area contributed by atoms with Crippen LogP contribution in [0.15, 0.2) is 39.6 Å². The first-order valence-corrected chi connectivity index (χ1v) is 6.61. The molecule has 1 amide bonds. The van der Waals surface area contributed by atoms with Crippen LogP contribution < -0.4 is 10.9 Å². The molecule has 6 heteroatoms. The second-order valence-electron chi connectivity index (χ2n) is 3.97. The number of benzene rings is 1. The van der Waals surface area contributed by atoms with E-state index in [0.717, 1.165) is 4.47 Å². The van der Waals surface area contributed by atoms with Crippen molar-refractivity contribution >= 4 is 39.1 Å². The highest BCUT2D eigenvalue weighted by molar-refractivity contribution is 9.10. The van der Waals surface area contributed by atoms with Crippen LogP contribution in [0.3, 0.4) is 0 Å². The number of pyridine rings is 1. The summed E-state index contributed by atoms with van der Waals surface area (Å²) in [7, 11) is 0. The average Bonchev–Trinajstić information content (AvgIpc) is 2.33. The molecule has 0 bridgehead atoms. The predicted molar refractivity (Wildman–Crippen MR) is 78.9 cm³/mol. The number of halogens is 2. The van der Waals surface area contributed by atoms with Crippen LogP contribution in [0.5, 0.6) is 0 Å². The van der Waals surface area contributed by atoms with Gasteiger partial charge in [0.05, 0.1) is 5.02 Å². The normalized spacial score (nSPS) is 10.3. The van der Waals surface area contributed by atoms with Gasteiger partial charge in [0.25, 0.3) is 11.5 Å². The summed E-state index contributed by atoms with van der Waals surface area (Å²) in [5.74, 6) is -0.473. The van der Waals surface area contributed by atoms with Crippen LogP contribution in [0.1, 0.15) is 16.1 Å². The molecule has 0 aliphatic heterocycles. The van der Waals surface area contributed by atoms with Crippen molar-refractivity contribution in [1.82, 2.24) is 4.98 Å². The van der Waals surface area contributed by atoms with Crippen LogP contribution in [0.2, 0.25) is 5.02 Å². The van der Waals surface area contributed by atoms with Crippen molar-refractivity contribution in [1.29, 1.82) is 0 Å². The van der Waals surface area contributed by atoms with Crippen molar-refractivity contribution in [2.45, 2.75) is 6.92 Å². The molecule has 0 saturated carbocycles. The summed E-state index contributed by atoms with van der Waals surface area (Å²) in [5, 5.41) is 3.10. The van der Waals surface area contributed by atoms with E-state index in [1.165, 1.54) is 6.07 Å². The Balaban J connectivity index is 2.25. The molecule has 1 aromatic carbocycles. The van der Waals surface area contributed by atoms with Gasteiger partial charge in [-0.3, -0.25) is 9.59 Å². The Labute approximate surface area is 122 Å². The lowest BCUT2D eigenvalue weighted by molar-refractivity contribution is 0.102. The molecule has 1 heterocycles. The first-order chi connectivity index (χ1) is 8.97. The number of aromatic nitrogens is 1. The standard InChI is InChI=1S/C13H10BrClN2O2/c1-7-2-4-9(12(18)16-7)13(19)17-8-3-5-10(14)11(15)6-8/h2-6H,1H3,(H,16,18)(H,17,19). The molecule has 0 aliphatic rings. The third-order valence-corrected chi connectivity index (χ3v) is 3.71. The van der Waals surface area contributed by atoms with Crippen LogP contribution in [-0.4, -0.2) is 10.9 Å². The molecular formula is C13H10BrClN2O2. The number of hydrogen-bond acceptors (Lipinski definition) is 2. The van der Waals surface area contributed by atoms with E-state index in [0.29, 0.717) is 16.4 Å². The number of amides is 1. The summed E-state index contributed by atoms with van der Waals surface area (Å²) in [6.45, 7) is 1.75. The zero-order valence-electron chi connectivity index (χ0n) is 9.96. The fourth-order valence-corrected chi connectivity index (χ4v) is 1.95. The van der Waals surface area contributed by atoms with Gasteiger partial charge >= 0.3 is 0 Å². The first kappa shape index (κ1) is 13.8. The largest absolute Gasteiger partial charge is 0.326 e. The molecule has 2 N–H and O–H groups in total. The Morgan fingerprint density at radius 3 is 2.68 bits per heavy atom. The summed E-state index contributed by atoms with van der Waals surface area (Å²) in [4.78, 5) is 26.2. The van der Waals surface area contributed by atoms with E-state index in [2.05, 4.69) is 26.2 Å². The zero-order chi connectivity index (χ0) is 14.0. The molecular weight excluding hydrogens is 332 g/mol. The van der Waals surface area contributed by atoms with Crippen molar-refractivity contribution in [2.24, 2.45) is 0 Å². The molecule has 2 aromatic rings. The summed E-state index contributed by atoms with van der Waals surface area (Å²) < 4.78 is 0.736. The molecule has 19 heavy (non-hydrogen) atoms. The SMILES string of the molecule is Cc1ccc(C(=O)Nc2ccc(Br)c(Cl)c2)c(=O)[nH]1. The number of hydrogen-bond donors (Lipinski definition) is 2. The molecule has 0 unspecified atom stereocenters. The van der Waals surface area contributed by atoms with Crippen molar-refractivity contribution in [3.63, 3.8) is 0 Å². The molecule has 0 spiro atoms. The molecule has 0 radical (unpaired) electrons. The lowest BCUT2D eigenvalue weighted by atomic mass is 10.2. The Morgan fingerprint density at radius 2 is 2.05 bits per heavy atom. The van der Waals surface area contributed by atoms with E-state index < -0.39 is 11.5 Å². The lowest BCUT2D eigenvalue weighted by Crippen LogP contribution is -2.23. The molecule has 4 nitrogen and oxygen atoms in total. The van der Waals surface area contributed by atoms with Gasteiger partial charge in [-0.25, -0.2) is 0 Å². The number of H-pyrrole nitrogens is 1.